The van der Waals surface area contributed by atoms with Crippen molar-refractivity contribution in [3.63, 3.8) is 0 Å². The highest BCUT2D eigenvalue weighted by atomic mass is 19.3. The van der Waals surface area contributed by atoms with Crippen LogP contribution in [0.25, 0.3) is 5.65 Å². The Kier molecular flexibility index (Phi) is 7.91. The third-order valence-corrected chi connectivity index (χ3v) is 9.06. The Balaban J connectivity index is 1.44. The van der Waals surface area contributed by atoms with E-state index in [0.717, 1.165) is 4.90 Å². The number of carbonyl (C=O) groups is 2. The summed E-state index contributed by atoms with van der Waals surface area (Å²) < 4.78 is 59.1. The number of aromatic nitrogens is 5. The number of amides is 3. The van der Waals surface area contributed by atoms with Gasteiger partial charge in [-0.2, -0.15) is 10.2 Å². The topological polar surface area (TPSA) is 109 Å². The molecule has 1 aliphatic heterocycles. The second kappa shape index (κ2) is 11.0. The zero-order valence-corrected chi connectivity index (χ0v) is 25.0. The van der Waals surface area contributed by atoms with Crippen molar-refractivity contribution in [1.29, 1.82) is 0 Å². The summed E-state index contributed by atoms with van der Waals surface area (Å²) in [4.78, 5) is 31.6. The smallest absolute Gasteiger partial charge is 0.318 e. The fourth-order valence-corrected chi connectivity index (χ4v) is 5.52. The standard InChI is InChI=1S/C24H33B5F4N8O2/c25-23(26,27)24(28,29)41-16(3-6-35-41)19(42)38-18(14-1-4-21(30,31)5-2-14)15-10-40-17(37-15)7-13(8-36-40)9-39-12-22(32,33)11-34-20(39)43/h3,6-8,10,14,18H,1-2,4-5,9,11-12,25-29H2,(H,34,43)(H,38,42)/t18-/m0/s1. The summed E-state index contributed by atoms with van der Waals surface area (Å²) in [5.74, 6) is -6.52. The Morgan fingerprint density at radius 2 is 1.81 bits per heavy atom. The molecule has 0 spiro atoms. The molecule has 2 aliphatic rings. The average molecular weight is 596 g/mol. The Morgan fingerprint density at radius 1 is 1.12 bits per heavy atom. The van der Waals surface area contributed by atoms with Gasteiger partial charge in [0.15, 0.2) is 5.65 Å². The van der Waals surface area contributed by atoms with Gasteiger partial charge in [-0.25, -0.2) is 31.9 Å². The molecule has 1 atom stereocenters. The molecule has 0 bridgehead atoms. The number of hydrogen-bond acceptors (Lipinski definition) is 5. The molecule has 10 nitrogen and oxygen atoms in total. The molecule has 2 N–H and O–H groups in total. The fraction of sp³-hybridized carbons (Fsp3) is 0.542. The second-order valence-corrected chi connectivity index (χ2v) is 13.3. The van der Waals surface area contributed by atoms with Crippen LogP contribution in [0.5, 0.6) is 0 Å². The lowest BCUT2D eigenvalue weighted by Gasteiger charge is -2.41. The molecule has 0 radical (unpaired) electrons. The number of rotatable bonds is 8. The first kappa shape index (κ1) is 31.1. The van der Waals surface area contributed by atoms with Gasteiger partial charge < -0.3 is 15.5 Å². The Labute approximate surface area is 251 Å². The third-order valence-electron chi connectivity index (χ3n) is 9.06. The van der Waals surface area contributed by atoms with Crippen molar-refractivity contribution in [1.82, 2.24) is 39.9 Å². The summed E-state index contributed by atoms with van der Waals surface area (Å²) in [5, 5.41) is 13.3. The number of hydrogen-bond donors (Lipinski definition) is 2. The fourth-order valence-electron chi connectivity index (χ4n) is 5.52. The van der Waals surface area contributed by atoms with Crippen LogP contribution in [0.15, 0.2) is 30.7 Å². The molecule has 224 valence electrons. The van der Waals surface area contributed by atoms with Crippen molar-refractivity contribution in [2.45, 2.75) is 60.6 Å². The summed E-state index contributed by atoms with van der Waals surface area (Å²) in [6.45, 7) is -1.52. The average Bonchev–Trinajstić information content (AvgIpc) is 3.57. The van der Waals surface area contributed by atoms with Crippen molar-refractivity contribution in [3.8, 4) is 0 Å². The van der Waals surface area contributed by atoms with Crippen LogP contribution < -0.4 is 10.6 Å². The number of nitrogens with zero attached hydrogens (tertiary/aromatic N) is 6. The van der Waals surface area contributed by atoms with E-state index in [0.29, 0.717) is 22.6 Å². The summed E-state index contributed by atoms with van der Waals surface area (Å²) in [6.07, 6.45) is 4.45. The second-order valence-electron chi connectivity index (χ2n) is 13.3. The van der Waals surface area contributed by atoms with E-state index in [-0.39, 0.29) is 43.3 Å². The van der Waals surface area contributed by atoms with Crippen LogP contribution in [0, 0.1) is 5.92 Å². The number of carbonyl (C=O) groups excluding carboxylic acids is 2. The summed E-state index contributed by atoms with van der Waals surface area (Å²) in [6, 6.07) is 1.97. The molecule has 2 fully saturated rings. The Hall–Kier alpha value is -3.39. The van der Waals surface area contributed by atoms with Crippen molar-refractivity contribution in [2.75, 3.05) is 13.1 Å². The summed E-state index contributed by atoms with van der Waals surface area (Å²) in [7, 11) is 10.2. The van der Waals surface area contributed by atoms with Gasteiger partial charge in [0.05, 0.1) is 60.8 Å². The van der Waals surface area contributed by atoms with Gasteiger partial charge in [-0.3, -0.25) is 9.48 Å². The number of alkyl halides is 4. The molecule has 4 heterocycles. The molecule has 3 amide bonds. The van der Waals surface area contributed by atoms with Gasteiger partial charge in [0.25, 0.3) is 11.8 Å². The van der Waals surface area contributed by atoms with Gasteiger partial charge in [0.2, 0.25) is 5.92 Å². The predicted molar refractivity (Wildman–Crippen MR) is 164 cm³/mol. The van der Waals surface area contributed by atoms with E-state index in [9.17, 15) is 27.2 Å². The molecular weight excluding hydrogens is 562 g/mol. The van der Waals surface area contributed by atoms with Crippen LogP contribution in [-0.4, -0.2) is 105 Å². The Bertz CT molecular complexity index is 1520. The normalized spacial score (nSPS) is 20.1. The first-order valence-corrected chi connectivity index (χ1v) is 14.4. The molecule has 3 aromatic rings. The molecule has 3 aromatic heterocycles. The molecule has 1 saturated heterocycles. The van der Waals surface area contributed by atoms with Crippen LogP contribution in [0.3, 0.4) is 0 Å². The van der Waals surface area contributed by atoms with Gasteiger partial charge in [-0.05, 0) is 41.8 Å². The number of nitrogens with one attached hydrogen (secondary N) is 2. The molecular formula is C24H33B5F4N8O2. The highest BCUT2D eigenvalue weighted by Crippen LogP contribution is 2.41. The third kappa shape index (κ3) is 6.45. The predicted octanol–water partition coefficient (Wildman–Crippen LogP) is -1.77. The van der Waals surface area contributed by atoms with E-state index in [1.807, 2.05) is 15.7 Å². The van der Waals surface area contributed by atoms with Gasteiger partial charge in [0, 0.05) is 25.6 Å². The summed E-state index contributed by atoms with van der Waals surface area (Å²) >= 11 is 0. The molecule has 5 rings (SSSR count). The van der Waals surface area contributed by atoms with Crippen LogP contribution in [0.1, 0.15) is 53.5 Å². The van der Waals surface area contributed by atoms with Crippen LogP contribution in [0.4, 0.5) is 22.4 Å². The van der Waals surface area contributed by atoms with Gasteiger partial charge in [0.1, 0.15) is 21.4 Å². The molecule has 0 aromatic carbocycles. The number of halogens is 4. The first-order valence-electron chi connectivity index (χ1n) is 14.4. The monoisotopic (exact) mass is 596 g/mol. The van der Waals surface area contributed by atoms with Crippen molar-refractivity contribution in [2.24, 2.45) is 5.92 Å². The number of urea groups is 1. The maximum atomic E-state index is 14.1. The minimum atomic E-state index is -3.05. The maximum absolute atomic E-state index is 14.1. The van der Waals surface area contributed by atoms with Crippen molar-refractivity contribution >= 4 is 56.8 Å². The lowest BCUT2D eigenvalue weighted by molar-refractivity contribution is -0.0495. The zero-order valence-electron chi connectivity index (χ0n) is 25.0. The molecule has 0 unspecified atom stereocenters. The van der Waals surface area contributed by atoms with E-state index in [1.165, 1.54) is 10.7 Å². The summed E-state index contributed by atoms with van der Waals surface area (Å²) in [5.41, 5.74) is 1.64. The van der Waals surface area contributed by atoms with Crippen LogP contribution in [0.2, 0.25) is 5.11 Å². The largest absolute Gasteiger partial charge is 0.342 e. The van der Waals surface area contributed by atoms with E-state index in [4.69, 9.17) is 0 Å². The minimum absolute atomic E-state index is 0.0987. The van der Waals surface area contributed by atoms with Crippen molar-refractivity contribution in [3.05, 3.63) is 47.7 Å². The van der Waals surface area contributed by atoms with E-state index in [2.05, 4.69) is 49.4 Å². The molecule has 1 saturated carbocycles. The SMILES string of the molecule is BC(B)(B)C(B)(B)n1nccc1C(=O)N[C@H](c1cn2ncc(CN3CC(F)(F)CNC3=O)cc2n1)C1CCC(F)(F)CC1. The molecule has 19 heteroatoms. The minimum Gasteiger partial charge on any atom is -0.342 e. The van der Waals surface area contributed by atoms with Crippen molar-refractivity contribution < 1.29 is 27.2 Å². The number of fused-ring (bicyclic) bond motifs is 1. The quantitative estimate of drug-likeness (QED) is 0.237. The van der Waals surface area contributed by atoms with Gasteiger partial charge in [-0.1, -0.05) is 0 Å². The molecule has 43 heavy (non-hydrogen) atoms. The highest BCUT2D eigenvalue weighted by Gasteiger charge is 2.41. The number of imidazole rings is 1. The van der Waals surface area contributed by atoms with E-state index in [1.54, 1.807) is 29.2 Å². The zero-order chi connectivity index (χ0) is 31.4. The lowest BCUT2D eigenvalue weighted by atomic mass is 9.26. The van der Waals surface area contributed by atoms with Crippen LogP contribution >= 0.6 is 0 Å². The van der Waals surface area contributed by atoms with Crippen LogP contribution in [-0.2, 0) is 11.9 Å². The first-order chi connectivity index (χ1) is 20.0. The van der Waals surface area contributed by atoms with Gasteiger partial charge in [-0.15, -0.1) is 5.11 Å². The highest BCUT2D eigenvalue weighted by molar-refractivity contribution is 6.66. The Morgan fingerprint density at radius 3 is 2.49 bits per heavy atom. The molecule has 1 aliphatic carbocycles. The van der Waals surface area contributed by atoms with E-state index >= 15 is 0 Å². The van der Waals surface area contributed by atoms with Gasteiger partial charge >= 0.3 is 6.03 Å². The van der Waals surface area contributed by atoms with E-state index < -0.39 is 48.3 Å². The maximum Gasteiger partial charge on any atom is 0.318 e. The lowest BCUT2D eigenvalue weighted by Crippen LogP contribution is -2.56.